The van der Waals surface area contributed by atoms with Gasteiger partial charge in [0, 0.05) is 22.6 Å². The Morgan fingerprint density at radius 2 is 2.19 bits per heavy atom. The van der Waals surface area contributed by atoms with E-state index in [0.29, 0.717) is 38.9 Å². The van der Waals surface area contributed by atoms with Gasteiger partial charge in [-0.2, -0.15) is 5.10 Å². The highest BCUT2D eigenvalue weighted by Gasteiger charge is 2.21. The topological polar surface area (TPSA) is 69.9 Å². The molecule has 0 aliphatic heterocycles. The van der Waals surface area contributed by atoms with Crippen LogP contribution in [-0.2, 0) is 16.1 Å². The number of aryl methyl sites for hydroxylation is 1. The molecular weight excluding hydrogens is 418 g/mol. The minimum Gasteiger partial charge on any atom is -0.469 e. The molecule has 0 saturated carbocycles. The van der Waals surface area contributed by atoms with E-state index in [-0.39, 0.29) is 17.4 Å². The SMILES string of the molecule is CCn1nc(-c2nnc(C(F)F)s2)c2cc(SCCC(=O)OC)cc(Cl)c21. The summed E-state index contributed by atoms with van der Waals surface area (Å²) in [6.07, 6.45) is -2.41. The molecule has 0 bridgehead atoms. The third-order valence-corrected chi connectivity index (χ3v) is 5.91. The van der Waals surface area contributed by atoms with Crippen LogP contribution in [0.2, 0.25) is 5.02 Å². The maximum absolute atomic E-state index is 12.9. The van der Waals surface area contributed by atoms with Gasteiger partial charge in [-0.15, -0.1) is 22.0 Å². The minimum atomic E-state index is -2.68. The Morgan fingerprint density at radius 1 is 1.41 bits per heavy atom. The van der Waals surface area contributed by atoms with Gasteiger partial charge in [0.05, 0.1) is 24.1 Å². The molecule has 144 valence electrons. The van der Waals surface area contributed by atoms with E-state index in [0.717, 1.165) is 16.2 Å². The molecule has 0 saturated heterocycles. The van der Waals surface area contributed by atoms with E-state index >= 15 is 0 Å². The van der Waals surface area contributed by atoms with Gasteiger partial charge in [0.15, 0.2) is 10.0 Å². The lowest BCUT2D eigenvalue weighted by atomic mass is 10.2. The van der Waals surface area contributed by atoms with E-state index in [1.54, 1.807) is 10.7 Å². The van der Waals surface area contributed by atoms with Gasteiger partial charge in [-0.1, -0.05) is 22.9 Å². The van der Waals surface area contributed by atoms with Crippen molar-refractivity contribution in [2.45, 2.75) is 31.2 Å². The lowest BCUT2D eigenvalue weighted by Crippen LogP contribution is -2.00. The predicted octanol–water partition coefficient (Wildman–Crippen LogP) is 4.82. The number of halogens is 3. The molecule has 0 N–H and O–H groups in total. The fourth-order valence-corrected chi connectivity index (χ4v) is 4.47. The number of alkyl halides is 2. The second-order valence-corrected chi connectivity index (χ2v) is 7.97. The number of carbonyl (C=O) groups excluding carboxylic acids is 1. The van der Waals surface area contributed by atoms with Crippen molar-refractivity contribution in [1.82, 2.24) is 20.0 Å². The van der Waals surface area contributed by atoms with E-state index in [4.69, 9.17) is 11.6 Å². The summed E-state index contributed by atoms with van der Waals surface area (Å²) in [5.41, 5.74) is 1.17. The first-order chi connectivity index (χ1) is 12.9. The van der Waals surface area contributed by atoms with E-state index in [9.17, 15) is 13.6 Å². The number of hydrogen-bond acceptors (Lipinski definition) is 7. The van der Waals surface area contributed by atoms with Gasteiger partial charge >= 0.3 is 5.97 Å². The molecule has 6 nitrogen and oxygen atoms in total. The number of fused-ring (bicyclic) bond motifs is 1. The number of nitrogens with zero attached hydrogens (tertiary/aromatic N) is 4. The molecule has 0 fully saturated rings. The summed E-state index contributed by atoms with van der Waals surface area (Å²) in [6, 6.07) is 3.68. The van der Waals surface area contributed by atoms with E-state index in [2.05, 4.69) is 20.0 Å². The summed E-state index contributed by atoms with van der Waals surface area (Å²) in [6.45, 7) is 2.47. The van der Waals surface area contributed by atoms with Crippen LogP contribution in [0.5, 0.6) is 0 Å². The number of rotatable bonds is 7. The Labute approximate surface area is 166 Å². The summed E-state index contributed by atoms with van der Waals surface area (Å²) in [4.78, 5) is 12.1. The Morgan fingerprint density at radius 3 is 2.81 bits per heavy atom. The van der Waals surface area contributed by atoms with E-state index in [1.807, 2.05) is 13.0 Å². The van der Waals surface area contributed by atoms with Crippen LogP contribution in [0.15, 0.2) is 17.0 Å². The second kappa shape index (κ2) is 8.49. The number of ether oxygens (including phenoxy) is 1. The highest BCUT2D eigenvalue weighted by atomic mass is 35.5. The van der Waals surface area contributed by atoms with Gasteiger partial charge < -0.3 is 4.74 Å². The van der Waals surface area contributed by atoms with Crippen LogP contribution >= 0.6 is 34.7 Å². The molecule has 27 heavy (non-hydrogen) atoms. The van der Waals surface area contributed by atoms with Crippen molar-refractivity contribution in [3.8, 4) is 10.7 Å². The normalized spacial score (nSPS) is 11.5. The van der Waals surface area contributed by atoms with Crippen LogP contribution < -0.4 is 0 Å². The van der Waals surface area contributed by atoms with Crippen LogP contribution in [0, 0.1) is 0 Å². The van der Waals surface area contributed by atoms with Crippen molar-refractivity contribution in [1.29, 1.82) is 0 Å². The first-order valence-electron chi connectivity index (χ1n) is 7.96. The van der Waals surface area contributed by atoms with Crippen molar-refractivity contribution in [3.63, 3.8) is 0 Å². The molecule has 0 atom stereocenters. The monoisotopic (exact) mass is 432 g/mol. The summed E-state index contributed by atoms with van der Waals surface area (Å²) in [5, 5.41) is 13.1. The minimum absolute atomic E-state index is 0.270. The van der Waals surface area contributed by atoms with Gasteiger partial charge in [0.1, 0.15) is 5.69 Å². The van der Waals surface area contributed by atoms with Gasteiger partial charge in [-0.25, -0.2) is 8.78 Å². The zero-order chi connectivity index (χ0) is 19.6. The van der Waals surface area contributed by atoms with Crippen molar-refractivity contribution < 1.29 is 18.3 Å². The molecule has 3 aromatic rings. The first kappa shape index (κ1) is 20.0. The molecule has 2 heterocycles. The highest BCUT2D eigenvalue weighted by molar-refractivity contribution is 7.99. The molecule has 0 radical (unpaired) electrons. The maximum Gasteiger partial charge on any atom is 0.306 e. The lowest BCUT2D eigenvalue weighted by Gasteiger charge is -2.05. The zero-order valence-electron chi connectivity index (χ0n) is 14.4. The van der Waals surface area contributed by atoms with Crippen LogP contribution in [0.3, 0.4) is 0 Å². The molecule has 0 spiro atoms. The second-order valence-electron chi connectivity index (χ2n) is 5.39. The smallest absolute Gasteiger partial charge is 0.306 e. The first-order valence-corrected chi connectivity index (χ1v) is 10.1. The molecule has 1 aromatic carbocycles. The van der Waals surface area contributed by atoms with Crippen LogP contribution in [0.4, 0.5) is 8.78 Å². The van der Waals surface area contributed by atoms with Crippen LogP contribution in [-0.4, -0.2) is 38.8 Å². The number of benzene rings is 1. The Balaban J connectivity index is 2.01. The van der Waals surface area contributed by atoms with Crippen molar-refractivity contribution in [2.24, 2.45) is 0 Å². The maximum atomic E-state index is 12.9. The molecule has 0 unspecified atom stereocenters. The summed E-state index contributed by atoms with van der Waals surface area (Å²) >= 11 is 8.71. The fraction of sp³-hybridized carbons (Fsp3) is 0.375. The largest absolute Gasteiger partial charge is 0.469 e. The quantitative estimate of drug-likeness (QED) is 0.393. The molecule has 0 aliphatic rings. The van der Waals surface area contributed by atoms with Crippen molar-refractivity contribution in [3.05, 3.63) is 22.2 Å². The van der Waals surface area contributed by atoms with Crippen molar-refractivity contribution in [2.75, 3.05) is 12.9 Å². The third kappa shape index (κ3) is 4.22. The van der Waals surface area contributed by atoms with E-state index in [1.165, 1.54) is 18.9 Å². The molecule has 0 aliphatic carbocycles. The lowest BCUT2D eigenvalue weighted by molar-refractivity contribution is -0.140. The van der Waals surface area contributed by atoms with E-state index < -0.39 is 6.43 Å². The Hall–Kier alpha value is -1.78. The molecular formula is C16H15ClF2N4O2S2. The number of aromatic nitrogens is 4. The summed E-state index contributed by atoms with van der Waals surface area (Å²) < 4.78 is 32.1. The Bertz CT molecular complexity index is 977. The third-order valence-electron chi connectivity index (χ3n) is 3.70. The Kier molecular flexibility index (Phi) is 6.28. The number of carbonyl (C=O) groups is 1. The number of esters is 1. The predicted molar refractivity (Wildman–Crippen MR) is 102 cm³/mol. The van der Waals surface area contributed by atoms with Gasteiger partial charge in [0.2, 0.25) is 0 Å². The van der Waals surface area contributed by atoms with Gasteiger partial charge in [0.25, 0.3) is 6.43 Å². The highest BCUT2D eigenvalue weighted by Crippen LogP contribution is 2.38. The average molecular weight is 433 g/mol. The van der Waals surface area contributed by atoms with Crippen molar-refractivity contribution >= 4 is 51.6 Å². The molecule has 0 amide bonds. The number of methoxy groups -OCH3 is 1. The summed E-state index contributed by atoms with van der Waals surface area (Å²) in [7, 11) is 1.34. The van der Waals surface area contributed by atoms with Crippen LogP contribution in [0.1, 0.15) is 24.8 Å². The standard InChI is InChI=1S/C16H15ClF2N4O2S2/c1-3-23-13-9(12(22-23)15-20-21-16(27-15)14(18)19)6-8(7-10(13)17)26-5-4-11(24)25-2/h6-7,14H,3-5H2,1-2H3. The van der Waals surface area contributed by atoms with Gasteiger partial charge in [-0.3, -0.25) is 9.48 Å². The average Bonchev–Trinajstić information content (AvgIpc) is 3.26. The van der Waals surface area contributed by atoms with Gasteiger partial charge in [-0.05, 0) is 19.1 Å². The molecule has 3 rings (SSSR count). The molecule has 11 heteroatoms. The van der Waals surface area contributed by atoms with Crippen LogP contribution in [0.25, 0.3) is 21.6 Å². The number of thioether (sulfide) groups is 1. The fourth-order valence-electron chi connectivity index (χ4n) is 2.48. The molecule has 2 aromatic heterocycles. The summed E-state index contributed by atoms with van der Waals surface area (Å²) in [5.74, 6) is 0.239. The number of hydrogen-bond donors (Lipinski definition) is 0. The zero-order valence-corrected chi connectivity index (χ0v) is 16.8.